The van der Waals surface area contributed by atoms with Crippen LogP contribution in [0.4, 0.5) is 0 Å². The van der Waals surface area contributed by atoms with Crippen LogP contribution >= 0.6 is 0 Å². The van der Waals surface area contributed by atoms with Gasteiger partial charge in [-0.15, -0.1) is 0 Å². The van der Waals surface area contributed by atoms with Crippen LogP contribution in [0.2, 0.25) is 0 Å². The van der Waals surface area contributed by atoms with Crippen LogP contribution in [-0.4, -0.2) is 40.3 Å². The maximum Gasteiger partial charge on any atom is 0.332 e. The molecular formula is C15H28N2O4Pt. The summed E-state index contributed by atoms with van der Waals surface area (Å²) in [5.41, 5.74) is 4.56. The van der Waals surface area contributed by atoms with Crippen molar-refractivity contribution in [3.8, 4) is 0 Å². The van der Waals surface area contributed by atoms with E-state index in [1.54, 1.807) is 0 Å². The summed E-state index contributed by atoms with van der Waals surface area (Å²) in [6, 6.07) is -0.0521. The summed E-state index contributed by atoms with van der Waals surface area (Å²) in [6.07, 6.45) is 14.6. The summed E-state index contributed by atoms with van der Waals surface area (Å²) in [6.45, 7) is 0. The Hall–Kier alpha value is -0.452. The predicted octanol–water partition coefficient (Wildman–Crippen LogP) is 1.72. The van der Waals surface area contributed by atoms with Crippen LogP contribution in [0.5, 0.6) is 0 Å². The molecule has 2 fully saturated rings. The molecule has 5 N–H and O–H groups in total. The zero-order valence-electron chi connectivity index (χ0n) is 12.9. The van der Waals surface area contributed by atoms with Crippen molar-refractivity contribution in [2.75, 3.05) is 0 Å². The van der Waals surface area contributed by atoms with E-state index < -0.39 is 18.0 Å². The van der Waals surface area contributed by atoms with Crippen molar-refractivity contribution in [1.29, 1.82) is 0 Å². The van der Waals surface area contributed by atoms with E-state index >= 15 is 0 Å². The molecule has 2 aliphatic rings. The molecule has 0 heterocycles. The number of aliphatic carboxylic acids is 2. The molecule has 0 aromatic carbocycles. The smallest absolute Gasteiger partial charge is 0.332 e. The first-order valence-corrected chi connectivity index (χ1v) is 7.98. The van der Waals surface area contributed by atoms with Gasteiger partial charge in [-0.05, 0) is 25.7 Å². The van der Waals surface area contributed by atoms with Gasteiger partial charge < -0.3 is 21.3 Å². The van der Waals surface area contributed by atoms with Gasteiger partial charge in [0.05, 0.1) is 0 Å². The summed E-state index contributed by atoms with van der Waals surface area (Å²) >= 11 is 0. The van der Waals surface area contributed by atoms with E-state index in [0.29, 0.717) is 0 Å². The van der Waals surface area contributed by atoms with Gasteiger partial charge in [0.2, 0.25) is 6.04 Å². The molecule has 2 rings (SSSR count). The molecular weight excluding hydrogens is 467 g/mol. The fourth-order valence-corrected chi connectivity index (χ4v) is 2.98. The van der Waals surface area contributed by atoms with E-state index in [-0.39, 0.29) is 21.1 Å². The maximum atomic E-state index is 9.63. The number of carboxylic acid groups (broad SMARTS) is 2. The average molecular weight is 495 g/mol. The van der Waals surface area contributed by atoms with Crippen LogP contribution in [0.1, 0.15) is 64.2 Å². The minimum atomic E-state index is -1.80. The van der Waals surface area contributed by atoms with Crippen LogP contribution in [0.25, 0.3) is 0 Å². The number of nitrogens with two attached hydrogens (primary N) is 1. The third-order valence-corrected chi connectivity index (χ3v) is 4.21. The van der Waals surface area contributed by atoms with E-state index in [4.69, 9.17) is 10.2 Å². The molecule has 0 spiro atoms. The molecule has 132 valence electrons. The number of nitrogens with one attached hydrogen (secondary N) is 1. The fraction of sp³-hybridized carbons (Fsp3) is 0.867. The Morgan fingerprint density at radius 2 is 1.14 bits per heavy atom. The van der Waals surface area contributed by atoms with E-state index in [0.717, 1.165) is 12.1 Å². The van der Waals surface area contributed by atoms with Crippen molar-refractivity contribution in [1.82, 2.24) is 5.32 Å². The molecule has 7 heteroatoms. The number of hydrogen-bond donors (Lipinski definition) is 4. The molecule has 0 saturated heterocycles. The van der Waals surface area contributed by atoms with E-state index in [1.807, 2.05) is 0 Å². The predicted molar refractivity (Wildman–Crippen MR) is 80.1 cm³/mol. The van der Waals surface area contributed by atoms with Crippen LogP contribution < -0.4 is 11.1 Å². The molecule has 6 nitrogen and oxygen atoms in total. The molecule has 22 heavy (non-hydrogen) atoms. The Morgan fingerprint density at radius 1 is 0.818 bits per heavy atom. The van der Waals surface area contributed by atoms with E-state index in [2.05, 4.69) is 11.1 Å². The van der Waals surface area contributed by atoms with Crippen LogP contribution in [0.3, 0.4) is 0 Å². The van der Waals surface area contributed by atoms with Gasteiger partial charge in [0.15, 0.2) is 0 Å². The molecule has 0 aromatic rings. The first-order valence-electron chi connectivity index (χ1n) is 7.98. The van der Waals surface area contributed by atoms with Gasteiger partial charge in [0.25, 0.3) is 0 Å². The molecule has 0 aliphatic heterocycles. The fourth-order valence-electron chi connectivity index (χ4n) is 2.98. The van der Waals surface area contributed by atoms with Crippen molar-refractivity contribution in [2.45, 2.75) is 82.3 Å². The van der Waals surface area contributed by atoms with Gasteiger partial charge in [-0.1, -0.05) is 38.5 Å². The Morgan fingerprint density at radius 3 is 1.36 bits per heavy atom. The quantitative estimate of drug-likeness (QED) is 0.442. The summed E-state index contributed by atoms with van der Waals surface area (Å²) in [5.74, 6) is -3.06. The van der Waals surface area contributed by atoms with Gasteiger partial charge in [-0.3, -0.25) is 0 Å². The molecule has 0 radical (unpaired) electrons. The van der Waals surface area contributed by atoms with Gasteiger partial charge >= 0.3 is 11.9 Å². The molecule has 0 unspecified atom stereocenters. The Balaban J connectivity index is 0.000000432. The second-order valence-corrected chi connectivity index (χ2v) is 5.99. The van der Waals surface area contributed by atoms with Gasteiger partial charge in [0.1, 0.15) is 0 Å². The third kappa shape index (κ3) is 8.86. The number of carbonyl (C=O) groups is 2. The number of rotatable bonds is 4. The monoisotopic (exact) mass is 495 g/mol. The Labute approximate surface area is 146 Å². The Bertz CT molecular complexity index is 300. The first-order chi connectivity index (χ1) is 10.0. The van der Waals surface area contributed by atoms with E-state index in [9.17, 15) is 9.59 Å². The molecule has 0 bridgehead atoms. The Kier molecular flexibility index (Phi) is 11.8. The SMILES string of the molecule is C1CCC(NC2CCCCC2)CC1.NC(C(=O)O)C(=O)O.[Pt]. The topological polar surface area (TPSA) is 113 Å². The summed E-state index contributed by atoms with van der Waals surface area (Å²) in [7, 11) is 0. The minimum absolute atomic E-state index is 0. The summed E-state index contributed by atoms with van der Waals surface area (Å²) in [4.78, 5) is 19.3. The normalized spacial score (nSPS) is 19.7. The summed E-state index contributed by atoms with van der Waals surface area (Å²) < 4.78 is 0. The maximum absolute atomic E-state index is 9.63. The molecule has 0 atom stereocenters. The van der Waals surface area contributed by atoms with Crippen molar-refractivity contribution in [2.24, 2.45) is 5.73 Å². The van der Waals surface area contributed by atoms with Gasteiger partial charge in [-0.2, -0.15) is 0 Å². The molecule has 2 aliphatic carbocycles. The standard InChI is InChI=1S/C12H23N.C3H5NO4.Pt/c1-3-7-11(8-4-1)13-12-9-5-2-6-10-12;4-1(2(5)6)3(7)8;/h11-13H,1-10H2;1H,4H2,(H,5,6)(H,7,8);. The zero-order chi connectivity index (χ0) is 15.7. The van der Waals surface area contributed by atoms with E-state index in [1.165, 1.54) is 64.2 Å². The van der Waals surface area contributed by atoms with Crippen molar-refractivity contribution in [3.63, 3.8) is 0 Å². The molecule has 0 aromatic heterocycles. The number of carboxylic acids is 2. The van der Waals surface area contributed by atoms with Crippen LogP contribution in [0, 0.1) is 0 Å². The van der Waals surface area contributed by atoms with Crippen LogP contribution in [-0.2, 0) is 30.7 Å². The number of hydrogen-bond acceptors (Lipinski definition) is 4. The summed E-state index contributed by atoms with van der Waals surface area (Å²) in [5, 5.41) is 19.6. The third-order valence-electron chi connectivity index (χ3n) is 4.21. The minimum Gasteiger partial charge on any atom is -0.480 e. The van der Waals surface area contributed by atoms with Crippen molar-refractivity contribution < 1.29 is 40.9 Å². The zero-order valence-corrected chi connectivity index (χ0v) is 15.2. The van der Waals surface area contributed by atoms with Crippen LogP contribution in [0.15, 0.2) is 0 Å². The first kappa shape index (κ1) is 21.5. The van der Waals surface area contributed by atoms with Crippen molar-refractivity contribution in [3.05, 3.63) is 0 Å². The second-order valence-electron chi connectivity index (χ2n) is 5.99. The second kappa shape index (κ2) is 12.0. The van der Waals surface area contributed by atoms with Gasteiger partial charge in [-0.25, -0.2) is 9.59 Å². The average Bonchev–Trinajstić information content (AvgIpc) is 2.49. The molecule has 0 amide bonds. The van der Waals surface area contributed by atoms with Gasteiger partial charge in [0, 0.05) is 33.1 Å². The molecule has 2 saturated carbocycles. The van der Waals surface area contributed by atoms with Crippen molar-refractivity contribution >= 4 is 11.9 Å². The largest absolute Gasteiger partial charge is 0.480 e.